The lowest BCUT2D eigenvalue weighted by atomic mass is 9.85. The number of rotatable bonds is 3. The van der Waals surface area contributed by atoms with Crippen molar-refractivity contribution in [2.75, 3.05) is 18.4 Å². The van der Waals surface area contributed by atoms with E-state index >= 15 is 0 Å². The highest BCUT2D eigenvalue weighted by molar-refractivity contribution is 6.01. The summed E-state index contributed by atoms with van der Waals surface area (Å²) < 4.78 is 27.0. The second-order valence-electron chi connectivity index (χ2n) is 6.81. The molecule has 1 saturated carbocycles. The minimum Gasteiger partial charge on any atom is -0.328 e. The molecule has 4 rings (SSSR count). The lowest BCUT2D eigenvalue weighted by Gasteiger charge is -2.34. The molecule has 1 N–H and O–H groups in total. The van der Waals surface area contributed by atoms with Crippen molar-refractivity contribution in [1.82, 2.24) is 14.9 Å². The van der Waals surface area contributed by atoms with Gasteiger partial charge in [-0.1, -0.05) is 31.5 Å². The first-order chi connectivity index (χ1) is 13.4. The Hall–Kier alpha value is -2.90. The molecular formula is C20H24F2N4O2. The van der Waals surface area contributed by atoms with Crippen LogP contribution in [0.3, 0.4) is 0 Å². The maximum Gasteiger partial charge on any atom is 0.254 e. The van der Waals surface area contributed by atoms with E-state index in [4.69, 9.17) is 0 Å². The standard InChI is InChI=1S/C18H16F2N4O2.C2H6.H2/c1-10-2-3-12-13(4-10)18(5-14(18)20)9-24(16(12)26)8-15(25)23-17-21-6-11(19)7-22-17;1-2;/h2-4,6-7,14H,5,8-9H2,1H3,(H,21,22,23,25);1-2H3;1H/t14-,18-;;/m0../s1. The minimum atomic E-state index is -1.03. The number of anilines is 1. The summed E-state index contributed by atoms with van der Waals surface area (Å²) in [6, 6.07) is 5.35. The van der Waals surface area contributed by atoms with E-state index in [0.717, 1.165) is 23.5 Å². The second kappa shape index (κ2) is 7.61. The van der Waals surface area contributed by atoms with Crippen molar-refractivity contribution < 1.29 is 19.8 Å². The molecule has 2 aromatic rings. The molecule has 2 atom stereocenters. The Bertz CT molecular complexity index is 910. The number of fused-ring (bicyclic) bond motifs is 2. The number of nitrogens with zero attached hydrogens (tertiary/aromatic N) is 3. The van der Waals surface area contributed by atoms with Crippen LogP contribution in [0.1, 0.15) is 43.2 Å². The Morgan fingerprint density at radius 3 is 2.61 bits per heavy atom. The number of aryl methyl sites for hydroxylation is 1. The molecule has 1 aromatic carbocycles. The molecule has 2 amide bonds. The number of hydrogen-bond acceptors (Lipinski definition) is 4. The number of amides is 2. The van der Waals surface area contributed by atoms with Gasteiger partial charge < -0.3 is 4.90 Å². The number of benzene rings is 1. The summed E-state index contributed by atoms with van der Waals surface area (Å²) in [6.45, 7) is 5.80. The van der Waals surface area contributed by atoms with Crippen LogP contribution in [0.25, 0.3) is 0 Å². The fourth-order valence-corrected chi connectivity index (χ4v) is 3.47. The van der Waals surface area contributed by atoms with Crippen LogP contribution in [0, 0.1) is 12.7 Å². The monoisotopic (exact) mass is 390 g/mol. The number of nitrogens with one attached hydrogen (secondary N) is 1. The summed E-state index contributed by atoms with van der Waals surface area (Å²) in [6.07, 6.45) is 1.18. The Labute approximate surface area is 163 Å². The molecule has 0 radical (unpaired) electrons. The van der Waals surface area contributed by atoms with Gasteiger partial charge in [-0.2, -0.15) is 0 Å². The first-order valence-corrected chi connectivity index (χ1v) is 9.21. The minimum absolute atomic E-state index is 0. The maximum absolute atomic E-state index is 14.2. The second-order valence-corrected chi connectivity index (χ2v) is 6.81. The zero-order valence-electron chi connectivity index (χ0n) is 16.0. The average molecular weight is 390 g/mol. The zero-order chi connectivity index (χ0) is 20.5. The zero-order valence-corrected chi connectivity index (χ0v) is 16.0. The van der Waals surface area contributed by atoms with E-state index in [2.05, 4.69) is 15.3 Å². The molecule has 0 bridgehead atoms. The Kier molecular flexibility index (Phi) is 5.40. The molecule has 1 aliphatic carbocycles. The van der Waals surface area contributed by atoms with Gasteiger partial charge in [0.15, 0.2) is 5.82 Å². The molecule has 6 nitrogen and oxygen atoms in total. The fraction of sp³-hybridized carbons (Fsp3) is 0.400. The molecule has 28 heavy (non-hydrogen) atoms. The Balaban J connectivity index is 0.000000970. The topological polar surface area (TPSA) is 75.2 Å². The molecule has 1 aliphatic heterocycles. The molecule has 150 valence electrons. The van der Waals surface area contributed by atoms with Gasteiger partial charge in [0.25, 0.3) is 5.91 Å². The quantitative estimate of drug-likeness (QED) is 0.873. The van der Waals surface area contributed by atoms with Gasteiger partial charge in [0.05, 0.1) is 12.4 Å². The van der Waals surface area contributed by atoms with Crippen molar-refractivity contribution in [2.45, 2.75) is 38.8 Å². The fourth-order valence-electron chi connectivity index (χ4n) is 3.47. The third-order valence-corrected chi connectivity index (χ3v) is 4.89. The van der Waals surface area contributed by atoms with E-state index in [1.165, 1.54) is 4.90 Å². The van der Waals surface area contributed by atoms with Crippen LogP contribution in [0.4, 0.5) is 14.7 Å². The van der Waals surface area contributed by atoms with Gasteiger partial charge in [-0.25, -0.2) is 18.7 Å². The highest BCUT2D eigenvalue weighted by Gasteiger charge is 2.61. The van der Waals surface area contributed by atoms with Gasteiger partial charge >= 0.3 is 0 Å². The molecule has 1 aromatic heterocycles. The summed E-state index contributed by atoms with van der Waals surface area (Å²) in [7, 11) is 0. The van der Waals surface area contributed by atoms with Crippen LogP contribution < -0.4 is 5.32 Å². The summed E-state index contributed by atoms with van der Waals surface area (Å²) in [4.78, 5) is 33.6. The number of aromatic nitrogens is 2. The van der Waals surface area contributed by atoms with Crippen molar-refractivity contribution in [3.8, 4) is 0 Å². The predicted octanol–water partition coefficient (Wildman–Crippen LogP) is 3.27. The van der Waals surface area contributed by atoms with Gasteiger partial charge in [-0.3, -0.25) is 14.9 Å². The van der Waals surface area contributed by atoms with Crippen LogP contribution in [0.15, 0.2) is 30.6 Å². The SMILES string of the molecule is CC.Cc1ccc2c(c1)[C@]1(C[C@@H]1F)CN(CC(=O)Nc1ncc(F)cn1)C2=O.[HH]. The van der Waals surface area contributed by atoms with Gasteiger partial charge in [0.1, 0.15) is 12.7 Å². The van der Waals surface area contributed by atoms with E-state index in [-0.39, 0.29) is 26.4 Å². The predicted molar refractivity (Wildman–Crippen MR) is 102 cm³/mol. The third-order valence-electron chi connectivity index (χ3n) is 4.89. The average Bonchev–Trinajstić information content (AvgIpc) is 3.33. The number of halogens is 2. The molecule has 0 unspecified atom stereocenters. The van der Waals surface area contributed by atoms with E-state index in [0.29, 0.717) is 12.0 Å². The Morgan fingerprint density at radius 2 is 2.00 bits per heavy atom. The van der Waals surface area contributed by atoms with Crippen molar-refractivity contribution in [3.63, 3.8) is 0 Å². The molecule has 2 heterocycles. The van der Waals surface area contributed by atoms with Crippen LogP contribution in [-0.2, 0) is 10.2 Å². The van der Waals surface area contributed by atoms with Crippen LogP contribution in [-0.4, -0.2) is 45.9 Å². The molecule has 8 heteroatoms. The Morgan fingerprint density at radius 1 is 1.36 bits per heavy atom. The molecule has 2 aliphatic rings. The summed E-state index contributed by atoms with van der Waals surface area (Å²) in [5.74, 6) is -1.50. The van der Waals surface area contributed by atoms with Crippen LogP contribution in [0.2, 0.25) is 0 Å². The third kappa shape index (κ3) is 3.58. The normalized spacial score (nSPS) is 22.2. The maximum atomic E-state index is 14.2. The molecule has 1 fully saturated rings. The summed E-state index contributed by atoms with van der Waals surface area (Å²) in [5.41, 5.74) is 1.41. The van der Waals surface area contributed by atoms with Crippen LogP contribution in [0.5, 0.6) is 0 Å². The van der Waals surface area contributed by atoms with Gasteiger partial charge in [-0.15, -0.1) is 0 Å². The van der Waals surface area contributed by atoms with Crippen molar-refractivity contribution in [1.29, 1.82) is 0 Å². The van der Waals surface area contributed by atoms with E-state index in [1.807, 2.05) is 26.8 Å². The number of hydrogen-bond donors (Lipinski definition) is 1. The number of carbonyl (C=O) groups is 2. The van der Waals surface area contributed by atoms with Crippen molar-refractivity contribution in [3.05, 3.63) is 53.1 Å². The number of alkyl halides is 1. The first-order valence-electron chi connectivity index (χ1n) is 9.21. The van der Waals surface area contributed by atoms with Crippen LogP contribution >= 0.6 is 0 Å². The highest BCUT2D eigenvalue weighted by Crippen LogP contribution is 2.54. The highest BCUT2D eigenvalue weighted by atomic mass is 19.1. The van der Waals surface area contributed by atoms with Gasteiger partial charge in [-0.05, 0) is 25.0 Å². The summed E-state index contributed by atoms with van der Waals surface area (Å²) in [5, 5.41) is 2.41. The smallest absolute Gasteiger partial charge is 0.254 e. The largest absolute Gasteiger partial charge is 0.328 e. The summed E-state index contributed by atoms with van der Waals surface area (Å²) >= 11 is 0. The molecular weight excluding hydrogens is 366 g/mol. The van der Waals surface area contributed by atoms with E-state index < -0.39 is 23.3 Å². The lowest BCUT2D eigenvalue weighted by molar-refractivity contribution is -0.117. The lowest BCUT2D eigenvalue weighted by Crippen LogP contribution is -2.47. The van der Waals surface area contributed by atoms with E-state index in [9.17, 15) is 18.4 Å². The van der Waals surface area contributed by atoms with E-state index in [1.54, 1.807) is 12.1 Å². The number of carbonyl (C=O) groups excluding carboxylic acids is 2. The van der Waals surface area contributed by atoms with Gasteiger partial charge in [0.2, 0.25) is 11.9 Å². The molecule has 0 saturated heterocycles. The van der Waals surface area contributed by atoms with Crippen molar-refractivity contribution >= 4 is 17.8 Å². The van der Waals surface area contributed by atoms with Crippen molar-refractivity contribution in [2.24, 2.45) is 0 Å². The molecule has 1 spiro atoms. The first kappa shape index (κ1) is 19.9. The van der Waals surface area contributed by atoms with Gasteiger partial charge in [0, 0.05) is 18.9 Å².